The number of unbranched alkanes of at least 4 members (excludes halogenated alkanes) is 2. The Morgan fingerprint density at radius 3 is 2.44 bits per heavy atom. The SMILES string of the molecule is CCOC(OCC)c1ccc(CCCCCCl)o1. The minimum absolute atomic E-state index is 0.378. The number of alkyl halides is 1. The molecule has 0 aliphatic carbocycles. The number of rotatable bonds is 10. The molecule has 0 aromatic carbocycles. The van der Waals surface area contributed by atoms with Gasteiger partial charge in [-0.3, -0.25) is 0 Å². The molecule has 18 heavy (non-hydrogen) atoms. The van der Waals surface area contributed by atoms with E-state index in [1.54, 1.807) is 0 Å². The lowest BCUT2D eigenvalue weighted by Crippen LogP contribution is -2.07. The van der Waals surface area contributed by atoms with Gasteiger partial charge in [-0.15, -0.1) is 11.6 Å². The van der Waals surface area contributed by atoms with E-state index in [0.717, 1.165) is 43.1 Å². The lowest BCUT2D eigenvalue weighted by Gasteiger charge is -2.14. The summed E-state index contributed by atoms with van der Waals surface area (Å²) in [5.74, 6) is 2.48. The molecule has 0 saturated heterocycles. The van der Waals surface area contributed by atoms with E-state index in [9.17, 15) is 0 Å². The predicted molar refractivity (Wildman–Crippen MR) is 73.0 cm³/mol. The monoisotopic (exact) mass is 274 g/mol. The molecule has 1 heterocycles. The van der Waals surface area contributed by atoms with Crippen LogP contribution in [0.25, 0.3) is 0 Å². The molecule has 1 aromatic heterocycles. The molecule has 1 aromatic rings. The van der Waals surface area contributed by atoms with Gasteiger partial charge in [-0.25, -0.2) is 0 Å². The van der Waals surface area contributed by atoms with Crippen molar-refractivity contribution in [2.45, 2.75) is 45.8 Å². The number of aryl methyl sites for hydroxylation is 1. The van der Waals surface area contributed by atoms with E-state index in [1.807, 2.05) is 26.0 Å². The van der Waals surface area contributed by atoms with Gasteiger partial charge in [-0.2, -0.15) is 0 Å². The topological polar surface area (TPSA) is 31.6 Å². The van der Waals surface area contributed by atoms with Crippen LogP contribution in [0.3, 0.4) is 0 Å². The number of ether oxygens (including phenoxy) is 2. The summed E-state index contributed by atoms with van der Waals surface area (Å²) < 4.78 is 16.7. The van der Waals surface area contributed by atoms with E-state index in [2.05, 4.69) is 0 Å². The van der Waals surface area contributed by atoms with Crippen LogP contribution in [0.1, 0.15) is 50.9 Å². The van der Waals surface area contributed by atoms with Crippen LogP contribution in [-0.2, 0) is 15.9 Å². The van der Waals surface area contributed by atoms with Crippen molar-refractivity contribution in [1.82, 2.24) is 0 Å². The van der Waals surface area contributed by atoms with Crippen LogP contribution in [0.5, 0.6) is 0 Å². The first-order chi connectivity index (χ1) is 8.81. The van der Waals surface area contributed by atoms with Gasteiger partial charge in [-0.1, -0.05) is 6.42 Å². The highest BCUT2D eigenvalue weighted by Crippen LogP contribution is 2.22. The van der Waals surface area contributed by atoms with Crippen molar-refractivity contribution in [2.75, 3.05) is 19.1 Å². The Bertz CT molecular complexity index is 306. The van der Waals surface area contributed by atoms with Gasteiger partial charge in [-0.05, 0) is 38.8 Å². The largest absolute Gasteiger partial charge is 0.461 e. The number of hydrogen-bond acceptors (Lipinski definition) is 3. The first-order valence-electron chi connectivity index (χ1n) is 6.69. The van der Waals surface area contributed by atoms with Crippen LogP contribution in [-0.4, -0.2) is 19.1 Å². The highest BCUT2D eigenvalue weighted by atomic mass is 35.5. The first-order valence-corrected chi connectivity index (χ1v) is 7.23. The Hall–Kier alpha value is -0.510. The quantitative estimate of drug-likeness (QED) is 0.362. The fourth-order valence-electron chi connectivity index (χ4n) is 1.74. The van der Waals surface area contributed by atoms with Crippen molar-refractivity contribution in [2.24, 2.45) is 0 Å². The maximum Gasteiger partial charge on any atom is 0.217 e. The molecule has 0 bridgehead atoms. The number of hydrogen-bond donors (Lipinski definition) is 0. The summed E-state index contributed by atoms with van der Waals surface area (Å²) in [5.41, 5.74) is 0. The standard InChI is InChI=1S/C14H23ClO3/c1-3-16-14(17-4-2)13-10-9-12(18-13)8-6-5-7-11-15/h9-10,14H,3-8,11H2,1-2H3. The second-order valence-corrected chi connectivity index (χ2v) is 4.42. The normalized spacial score (nSPS) is 11.3. The molecule has 0 spiro atoms. The third-order valence-electron chi connectivity index (χ3n) is 2.61. The van der Waals surface area contributed by atoms with Gasteiger partial charge in [0.1, 0.15) is 5.76 Å². The zero-order valence-electron chi connectivity index (χ0n) is 11.3. The van der Waals surface area contributed by atoms with E-state index in [1.165, 1.54) is 0 Å². The number of furan rings is 1. The third kappa shape index (κ3) is 5.42. The van der Waals surface area contributed by atoms with Gasteiger partial charge >= 0.3 is 0 Å². The second kappa shape index (κ2) is 9.42. The van der Waals surface area contributed by atoms with Gasteiger partial charge in [0.25, 0.3) is 0 Å². The molecule has 0 amide bonds. The summed E-state index contributed by atoms with van der Waals surface area (Å²) in [5, 5.41) is 0. The molecule has 4 heteroatoms. The lowest BCUT2D eigenvalue weighted by molar-refractivity contribution is -0.150. The average molecular weight is 275 g/mol. The minimum atomic E-state index is -0.378. The molecule has 0 radical (unpaired) electrons. The maximum absolute atomic E-state index is 5.75. The zero-order chi connectivity index (χ0) is 13.2. The Labute approximate surface area is 114 Å². The van der Waals surface area contributed by atoms with E-state index in [-0.39, 0.29) is 6.29 Å². The smallest absolute Gasteiger partial charge is 0.217 e. The summed E-state index contributed by atoms with van der Waals surface area (Å²) in [6.45, 7) is 5.11. The Morgan fingerprint density at radius 2 is 1.83 bits per heavy atom. The van der Waals surface area contributed by atoms with Gasteiger partial charge < -0.3 is 13.9 Å². The second-order valence-electron chi connectivity index (χ2n) is 4.05. The fraction of sp³-hybridized carbons (Fsp3) is 0.714. The third-order valence-corrected chi connectivity index (χ3v) is 2.87. The van der Waals surface area contributed by atoms with Crippen molar-refractivity contribution in [3.05, 3.63) is 23.7 Å². The first kappa shape index (κ1) is 15.5. The fourth-order valence-corrected chi connectivity index (χ4v) is 1.93. The molecular weight excluding hydrogens is 252 g/mol. The molecule has 0 saturated carbocycles. The average Bonchev–Trinajstić information content (AvgIpc) is 2.83. The van der Waals surface area contributed by atoms with Gasteiger partial charge in [0.05, 0.1) is 0 Å². The van der Waals surface area contributed by atoms with Crippen molar-refractivity contribution < 1.29 is 13.9 Å². The van der Waals surface area contributed by atoms with Crippen LogP contribution in [0, 0.1) is 0 Å². The van der Waals surface area contributed by atoms with Gasteiger partial charge in [0.2, 0.25) is 6.29 Å². The molecule has 104 valence electrons. The number of halogens is 1. The van der Waals surface area contributed by atoms with Crippen LogP contribution >= 0.6 is 11.6 Å². The highest BCUT2D eigenvalue weighted by molar-refractivity contribution is 6.17. The van der Waals surface area contributed by atoms with Crippen molar-refractivity contribution in [3.63, 3.8) is 0 Å². The molecule has 0 N–H and O–H groups in total. The summed E-state index contributed by atoms with van der Waals surface area (Å²) in [6.07, 6.45) is 3.88. The molecular formula is C14H23ClO3. The lowest BCUT2D eigenvalue weighted by atomic mass is 10.2. The van der Waals surface area contributed by atoms with Gasteiger partial charge in [0.15, 0.2) is 5.76 Å². The summed E-state index contributed by atoms with van der Waals surface area (Å²) in [4.78, 5) is 0. The molecule has 0 aliphatic heterocycles. The Kier molecular flexibility index (Phi) is 8.14. The van der Waals surface area contributed by atoms with Crippen LogP contribution < -0.4 is 0 Å². The maximum atomic E-state index is 5.75. The van der Waals surface area contributed by atoms with Crippen LogP contribution in [0.15, 0.2) is 16.5 Å². The van der Waals surface area contributed by atoms with Crippen molar-refractivity contribution in [1.29, 1.82) is 0 Å². The molecule has 3 nitrogen and oxygen atoms in total. The molecule has 0 atom stereocenters. The van der Waals surface area contributed by atoms with E-state index >= 15 is 0 Å². The van der Waals surface area contributed by atoms with E-state index < -0.39 is 0 Å². The highest BCUT2D eigenvalue weighted by Gasteiger charge is 2.15. The van der Waals surface area contributed by atoms with Gasteiger partial charge in [0, 0.05) is 25.5 Å². The summed E-state index contributed by atoms with van der Waals surface area (Å²) in [6, 6.07) is 3.94. The van der Waals surface area contributed by atoms with E-state index in [4.69, 9.17) is 25.5 Å². The minimum Gasteiger partial charge on any atom is -0.461 e. The van der Waals surface area contributed by atoms with Crippen LogP contribution in [0.4, 0.5) is 0 Å². The summed E-state index contributed by atoms with van der Waals surface area (Å²) >= 11 is 5.64. The Morgan fingerprint density at radius 1 is 1.11 bits per heavy atom. The Balaban J connectivity index is 2.44. The van der Waals surface area contributed by atoms with Crippen molar-refractivity contribution >= 4 is 11.6 Å². The van der Waals surface area contributed by atoms with Crippen LogP contribution in [0.2, 0.25) is 0 Å². The molecule has 0 fully saturated rings. The molecule has 0 unspecified atom stereocenters. The molecule has 1 rings (SSSR count). The van der Waals surface area contributed by atoms with E-state index in [0.29, 0.717) is 13.2 Å². The predicted octanol–water partition coefficient (Wildman–Crippen LogP) is 4.30. The van der Waals surface area contributed by atoms with Crippen molar-refractivity contribution in [3.8, 4) is 0 Å². The summed E-state index contributed by atoms with van der Waals surface area (Å²) in [7, 11) is 0. The molecule has 0 aliphatic rings. The zero-order valence-corrected chi connectivity index (χ0v) is 12.0.